The van der Waals surface area contributed by atoms with Gasteiger partial charge in [0.05, 0.1) is 21.9 Å². The van der Waals surface area contributed by atoms with Gasteiger partial charge in [0.25, 0.3) is 0 Å². The van der Waals surface area contributed by atoms with E-state index in [1.807, 2.05) is 0 Å². The van der Waals surface area contributed by atoms with Gasteiger partial charge in [-0.3, -0.25) is 0 Å². The van der Waals surface area contributed by atoms with Gasteiger partial charge in [0.1, 0.15) is 0 Å². The van der Waals surface area contributed by atoms with Crippen LogP contribution in [0.2, 0.25) is 0 Å². The third kappa shape index (κ3) is 3.11. The molecular weight excluding hydrogens is 344 g/mol. The molecule has 1 aliphatic heterocycles. The van der Waals surface area contributed by atoms with E-state index in [0.29, 0.717) is 0 Å². The second-order valence-corrected chi connectivity index (χ2v) is 9.00. The Balaban J connectivity index is 1.75. The standard InChI is InChI=1S/C14H15BrO2S2/c1-14(2)7-16-13(17-8-14)11-4-3-9(18-11)10-5-6-12(15)19-10/h3-6,13H,7-8H2,1-2H3. The van der Waals surface area contributed by atoms with Crippen LogP contribution >= 0.6 is 38.6 Å². The van der Waals surface area contributed by atoms with Crippen molar-refractivity contribution in [3.05, 3.63) is 32.9 Å². The molecule has 0 bridgehead atoms. The van der Waals surface area contributed by atoms with E-state index in [1.54, 1.807) is 22.7 Å². The van der Waals surface area contributed by atoms with Crippen LogP contribution in [0.1, 0.15) is 25.0 Å². The molecular formula is C14H15BrO2S2. The Labute approximate surface area is 129 Å². The van der Waals surface area contributed by atoms with Crippen LogP contribution in [0, 0.1) is 5.41 Å². The fourth-order valence-electron chi connectivity index (χ4n) is 1.92. The van der Waals surface area contributed by atoms with E-state index in [1.165, 1.54) is 9.75 Å². The average molecular weight is 359 g/mol. The molecule has 0 saturated carbocycles. The summed E-state index contributed by atoms with van der Waals surface area (Å²) in [5.41, 5.74) is 0.120. The number of hydrogen-bond acceptors (Lipinski definition) is 4. The lowest BCUT2D eigenvalue weighted by molar-refractivity contribution is -0.224. The Kier molecular flexibility index (Phi) is 3.84. The Hall–Kier alpha value is -0.200. The molecule has 0 aliphatic carbocycles. The van der Waals surface area contributed by atoms with E-state index in [4.69, 9.17) is 9.47 Å². The molecule has 19 heavy (non-hydrogen) atoms. The van der Waals surface area contributed by atoms with Crippen molar-refractivity contribution in [3.63, 3.8) is 0 Å². The van der Waals surface area contributed by atoms with Gasteiger partial charge >= 0.3 is 0 Å². The summed E-state index contributed by atoms with van der Waals surface area (Å²) in [4.78, 5) is 3.69. The lowest BCUT2D eigenvalue weighted by atomic mass is 9.96. The van der Waals surface area contributed by atoms with E-state index in [-0.39, 0.29) is 11.7 Å². The highest BCUT2D eigenvalue weighted by molar-refractivity contribution is 9.11. The summed E-state index contributed by atoms with van der Waals surface area (Å²) in [7, 11) is 0. The minimum Gasteiger partial charge on any atom is -0.347 e. The van der Waals surface area contributed by atoms with Gasteiger partial charge in [-0.25, -0.2) is 0 Å². The highest BCUT2D eigenvalue weighted by Gasteiger charge is 2.30. The summed E-state index contributed by atoms with van der Waals surface area (Å²) < 4.78 is 12.8. The summed E-state index contributed by atoms with van der Waals surface area (Å²) in [5, 5.41) is 0. The van der Waals surface area contributed by atoms with Crippen LogP contribution in [-0.4, -0.2) is 13.2 Å². The van der Waals surface area contributed by atoms with E-state index in [9.17, 15) is 0 Å². The van der Waals surface area contributed by atoms with Gasteiger partial charge in [-0.15, -0.1) is 22.7 Å². The zero-order valence-electron chi connectivity index (χ0n) is 10.8. The average Bonchev–Trinajstić information content (AvgIpc) is 2.97. The number of thiophene rings is 2. The quantitative estimate of drug-likeness (QED) is 0.723. The zero-order chi connectivity index (χ0) is 13.5. The molecule has 1 saturated heterocycles. The van der Waals surface area contributed by atoms with Crippen molar-refractivity contribution >= 4 is 38.6 Å². The number of ether oxygens (including phenoxy) is 2. The topological polar surface area (TPSA) is 18.5 Å². The van der Waals surface area contributed by atoms with Crippen molar-refractivity contribution in [3.8, 4) is 9.75 Å². The second kappa shape index (κ2) is 5.30. The molecule has 0 unspecified atom stereocenters. The van der Waals surface area contributed by atoms with E-state index >= 15 is 0 Å². The molecule has 3 rings (SSSR count). The molecule has 0 radical (unpaired) electrons. The number of hydrogen-bond donors (Lipinski definition) is 0. The van der Waals surface area contributed by atoms with Gasteiger partial charge < -0.3 is 9.47 Å². The predicted molar refractivity (Wildman–Crippen MR) is 83.8 cm³/mol. The van der Waals surface area contributed by atoms with Crippen LogP contribution in [0.3, 0.4) is 0 Å². The number of halogens is 1. The molecule has 2 aromatic heterocycles. The van der Waals surface area contributed by atoms with E-state index in [2.05, 4.69) is 54.0 Å². The first-order chi connectivity index (χ1) is 9.03. The van der Waals surface area contributed by atoms with Crippen LogP contribution in [0.5, 0.6) is 0 Å². The van der Waals surface area contributed by atoms with Crippen molar-refractivity contribution in [2.75, 3.05) is 13.2 Å². The predicted octanol–water partition coefficient (Wildman–Crippen LogP) is 5.31. The summed E-state index contributed by atoms with van der Waals surface area (Å²) >= 11 is 6.99. The summed E-state index contributed by atoms with van der Waals surface area (Å²) in [6.07, 6.45) is -0.199. The molecule has 102 valence electrons. The van der Waals surface area contributed by atoms with Crippen LogP contribution < -0.4 is 0 Å². The molecule has 0 N–H and O–H groups in total. The molecule has 1 fully saturated rings. The third-order valence-corrected chi connectivity index (χ3v) is 5.85. The third-order valence-electron chi connectivity index (χ3n) is 2.93. The van der Waals surface area contributed by atoms with E-state index in [0.717, 1.165) is 21.9 Å². The highest BCUT2D eigenvalue weighted by atomic mass is 79.9. The first kappa shape index (κ1) is 13.8. The molecule has 0 atom stereocenters. The van der Waals surface area contributed by atoms with Crippen molar-refractivity contribution in [1.82, 2.24) is 0 Å². The molecule has 2 nitrogen and oxygen atoms in total. The first-order valence-electron chi connectivity index (χ1n) is 6.12. The Morgan fingerprint density at radius 3 is 2.32 bits per heavy atom. The molecule has 0 spiro atoms. The van der Waals surface area contributed by atoms with Crippen LogP contribution in [0.15, 0.2) is 28.1 Å². The molecule has 1 aliphatic rings. The molecule has 5 heteroatoms. The van der Waals surface area contributed by atoms with Gasteiger partial charge in [0.2, 0.25) is 0 Å². The fraction of sp³-hybridized carbons (Fsp3) is 0.429. The van der Waals surface area contributed by atoms with Gasteiger partial charge in [-0.05, 0) is 40.2 Å². The normalized spacial score (nSPS) is 19.7. The largest absolute Gasteiger partial charge is 0.347 e. The maximum atomic E-state index is 5.82. The first-order valence-corrected chi connectivity index (χ1v) is 8.55. The minimum atomic E-state index is -0.199. The van der Waals surface area contributed by atoms with Crippen LogP contribution in [0.25, 0.3) is 9.75 Å². The van der Waals surface area contributed by atoms with Gasteiger partial charge in [-0.2, -0.15) is 0 Å². The van der Waals surface area contributed by atoms with Crippen molar-refractivity contribution in [2.24, 2.45) is 5.41 Å². The lowest BCUT2D eigenvalue weighted by Gasteiger charge is -2.34. The monoisotopic (exact) mass is 358 g/mol. The Bertz CT molecular complexity index is 564. The highest BCUT2D eigenvalue weighted by Crippen LogP contribution is 2.40. The minimum absolute atomic E-state index is 0.120. The SMILES string of the molecule is CC1(C)COC(c2ccc(-c3ccc(Br)s3)s2)OC1. The maximum Gasteiger partial charge on any atom is 0.193 e. The van der Waals surface area contributed by atoms with Crippen molar-refractivity contribution in [1.29, 1.82) is 0 Å². The molecule has 0 aromatic carbocycles. The van der Waals surface area contributed by atoms with Gasteiger partial charge in [0, 0.05) is 15.2 Å². The van der Waals surface area contributed by atoms with Crippen LogP contribution in [0.4, 0.5) is 0 Å². The smallest absolute Gasteiger partial charge is 0.193 e. The molecule has 0 amide bonds. The zero-order valence-corrected chi connectivity index (χ0v) is 14.0. The van der Waals surface area contributed by atoms with Crippen LogP contribution in [-0.2, 0) is 9.47 Å². The molecule has 3 heterocycles. The maximum absolute atomic E-state index is 5.82. The Morgan fingerprint density at radius 1 is 1.05 bits per heavy atom. The van der Waals surface area contributed by atoms with Gasteiger partial charge in [-0.1, -0.05) is 13.8 Å². The van der Waals surface area contributed by atoms with Gasteiger partial charge in [0.15, 0.2) is 6.29 Å². The summed E-state index contributed by atoms with van der Waals surface area (Å²) in [6, 6.07) is 8.47. The summed E-state index contributed by atoms with van der Waals surface area (Å²) in [6.45, 7) is 5.81. The Morgan fingerprint density at radius 2 is 1.68 bits per heavy atom. The van der Waals surface area contributed by atoms with E-state index < -0.39 is 0 Å². The second-order valence-electron chi connectivity index (χ2n) is 5.42. The summed E-state index contributed by atoms with van der Waals surface area (Å²) in [5.74, 6) is 0. The fourth-order valence-corrected chi connectivity index (χ4v) is 4.40. The van der Waals surface area contributed by atoms with Crippen molar-refractivity contribution < 1.29 is 9.47 Å². The lowest BCUT2D eigenvalue weighted by Crippen LogP contribution is -2.33. The number of rotatable bonds is 2. The molecule has 2 aromatic rings. The van der Waals surface area contributed by atoms with Crippen molar-refractivity contribution in [2.45, 2.75) is 20.1 Å².